The number of esters is 2. The first-order valence-electron chi connectivity index (χ1n) is 8.22. The highest BCUT2D eigenvalue weighted by atomic mass is 32.1. The third-order valence-corrected chi connectivity index (χ3v) is 4.80. The lowest BCUT2D eigenvalue weighted by Gasteiger charge is -2.14. The van der Waals surface area contributed by atoms with E-state index >= 15 is 0 Å². The molecule has 0 radical (unpaired) electrons. The maximum absolute atomic E-state index is 12.5. The summed E-state index contributed by atoms with van der Waals surface area (Å²) < 4.78 is 14.8. The zero-order chi connectivity index (χ0) is 18.4. The monoisotopic (exact) mass is 369 g/mol. The Hall–Kier alpha value is -1.93. The zero-order valence-corrected chi connectivity index (χ0v) is 15.5. The van der Waals surface area contributed by atoms with Gasteiger partial charge in [0.1, 0.15) is 11.6 Å². The van der Waals surface area contributed by atoms with E-state index in [1.807, 2.05) is 0 Å². The smallest absolute Gasteiger partial charge is 0.341 e. The third kappa shape index (κ3) is 5.27. The summed E-state index contributed by atoms with van der Waals surface area (Å²) in [5.41, 5.74) is 1.40. The number of aryl methyl sites for hydroxylation is 1. The van der Waals surface area contributed by atoms with Crippen molar-refractivity contribution in [2.24, 2.45) is 0 Å². The lowest BCUT2D eigenvalue weighted by Crippen LogP contribution is -2.23. The van der Waals surface area contributed by atoms with Gasteiger partial charge in [0.15, 0.2) is 6.61 Å². The average Bonchev–Trinajstić information content (AvgIpc) is 2.90. The zero-order valence-electron chi connectivity index (χ0n) is 14.7. The number of fused-ring (bicyclic) bond motifs is 1. The van der Waals surface area contributed by atoms with E-state index in [1.54, 1.807) is 13.8 Å². The van der Waals surface area contributed by atoms with Crippen molar-refractivity contribution in [3.8, 4) is 0 Å². The van der Waals surface area contributed by atoms with E-state index in [-0.39, 0.29) is 12.7 Å². The second-order valence-corrected chi connectivity index (χ2v) is 7.12. The van der Waals surface area contributed by atoms with Crippen LogP contribution in [0.5, 0.6) is 0 Å². The predicted octanol–water partition coefficient (Wildman–Crippen LogP) is 2.32. The molecule has 0 aliphatic heterocycles. The van der Waals surface area contributed by atoms with Gasteiger partial charge in [0.25, 0.3) is 5.91 Å². The Balaban J connectivity index is 2.13. The quantitative estimate of drug-likeness (QED) is 0.742. The van der Waals surface area contributed by atoms with E-state index in [4.69, 9.17) is 9.47 Å². The molecule has 0 saturated heterocycles. The van der Waals surface area contributed by atoms with Crippen molar-refractivity contribution >= 4 is 34.2 Å². The van der Waals surface area contributed by atoms with E-state index in [2.05, 4.69) is 10.1 Å². The first kappa shape index (κ1) is 19.4. The Bertz CT molecular complexity index is 652. The molecule has 1 aliphatic carbocycles. The summed E-state index contributed by atoms with van der Waals surface area (Å²) >= 11 is 1.39. The van der Waals surface area contributed by atoms with Crippen molar-refractivity contribution in [2.75, 3.05) is 25.6 Å². The molecule has 25 heavy (non-hydrogen) atoms. The van der Waals surface area contributed by atoms with Crippen molar-refractivity contribution in [3.63, 3.8) is 0 Å². The van der Waals surface area contributed by atoms with Crippen LogP contribution in [0.3, 0.4) is 0 Å². The van der Waals surface area contributed by atoms with Crippen molar-refractivity contribution in [3.05, 3.63) is 16.0 Å². The third-order valence-electron chi connectivity index (χ3n) is 3.60. The van der Waals surface area contributed by atoms with Crippen molar-refractivity contribution in [1.29, 1.82) is 0 Å². The molecule has 138 valence electrons. The second-order valence-electron chi connectivity index (χ2n) is 6.01. The van der Waals surface area contributed by atoms with Crippen molar-refractivity contribution in [2.45, 2.75) is 45.6 Å². The Kier molecular flexibility index (Phi) is 6.95. The minimum absolute atomic E-state index is 0.216. The summed E-state index contributed by atoms with van der Waals surface area (Å²) in [6.45, 7) is 2.92. The number of amides is 1. The van der Waals surface area contributed by atoms with Crippen LogP contribution in [0.2, 0.25) is 0 Å². The van der Waals surface area contributed by atoms with Gasteiger partial charge in [-0.25, -0.2) is 9.59 Å². The number of thiophene rings is 1. The Morgan fingerprint density at radius 1 is 1.16 bits per heavy atom. The van der Waals surface area contributed by atoms with Crippen LogP contribution in [0.15, 0.2) is 0 Å². The highest BCUT2D eigenvalue weighted by Crippen LogP contribution is 2.38. The molecule has 7 nitrogen and oxygen atoms in total. The maximum atomic E-state index is 12.5. The molecule has 0 saturated carbocycles. The van der Waals surface area contributed by atoms with Gasteiger partial charge in [-0.1, -0.05) is 0 Å². The molecule has 1 N–H and O–H groups in total. The van der Waals surface area contributed by atoms with Gasteiger partial charge < -0.3 is 19.5 Å². The number of carbonyl (C=O) groups excluding carboxylic acids is 3. The van der Waals surface area contributed by atoms with E-state index in [0.717, 1.165) is 36.1 Å². The lowest BCUT2D eigenvalue weighted by molar-refractivity contribution is -0.150. The Morgan fingerprint density at radius 2 is 1.88 bits per heavy atom. The highest BCUT2D eigenvalue weighted by Gasteiger charge is 2.28. The van der Waals surface area contributed by atoms with E-state index < -0.39 is 24.5 Å². The highest BCUT2D eigenvalue weighted by molar-refractivity contribution is 7.17. The predicted molar refractivity (Wildman–Crippen MR) is 93.0 cm³/mol. The summed E-state index contributed by atoms with van der Waals surface area (Å²) in [4.78, 5) is 36.9. The number of hydrogen-bond acceptors (Lipinski definition) is 7. The first-order chi connectivity index (χ1) is 11.9. The van der Waals surface area contributed by atoms with Crippen LogP contribution in [0.4, 0.5) is 5.00 Å². The molecule has 0 spiro atoms. The summed E-state index contributed by atoms with van der Waals surface area (Å²) in [7, 11) is 1.37. The number of carbonyl (C=O) groups is 3. The standard InChI is InChI=1S/C17H23NO6S/c1-10(2)24-17(21)15-11-6-4-5-7-12(11)25-16(15)18-13(19)8-23-14(20)9-22-3/h10H,4-9H2,1-3H3,(H,18,19). The van der Waals surface area contributed by atoms with Crippen LogP contribution in [0.1, 0.15) is 47.5 Å². The van der Waals surface area contributed by atoms with Crippen LogP contribution in [0, 0.1) is 0 Å². The van der Waals surface area contributed by atoms with Crippen LogP contribution < -0.4 is 5.32 Å². The normalized spacial score (nSPS) is 13.3. The van der Waals surface area contributed by atoms with Crippen molar-refractivity contribution in [1.82, 2.24) is 0 Å². The number of methoxy groups -OCH3 is 1. The molecule has 0 aromatic carbocycles. The molecule has 1 aliphatic rings. The minimum Gasteiger partial charge on any atom is -0.459 e. The summed E-state index contributed by atoms with van der Waals surface area (Å²) in [5, 5.41) is 3.14. The molecule has 0 atom stereocenters. The Morgan fingerprint density at radius 3 is 2.56 bits per heavy atom. The Labute approximate surface area is 150 Å². The fourth-order valence-electron chi connectivity index (χ4n) is 2.61. The largest absolute Gasteiger partial charge is 0.459 e. The van der Waals surface area contributed by atoms with Crippen LogP contribution in [-0.2, 0) is 36.6 Å². The molecule has 2 rings (SSSR count). The van der Waals surface area contributed by atoms with Crippen LogP contribution in [0.25, 0.3) is 0 Å². The number of rotatable bonds is 7. The maximum Gasteiger partial charge on any atom is 0.341 e. The van der Waals surface area contributed by atoms with Gasteiger partial charge in [-0.3, -0.25) is 4.79 Å². The van der Waals surface area contributed by atoms with Crippen LogP contribution in [-0.4, -0.2) is 44.3 Å². The number of ether oxygens (including phenoxy) is 3. The van der Waals surface area contributed by atoms with E-state index in [9.17, 15) is 14.4 Å². The molecule has 1 aromatic heterocycles. The number of nitrogens with one attached hydrogen (secondary N) is 1. The number of hydrogen-bond donors (Lipinski definition) is 1. The van der Waals surface area contributed by atoms with Gasteiger partial charge in [-0.05, 0) is 45.1 Å². The van der Waals surface area contributed by atoms with Gasteiger partial charge in [-0.2, -0.15) is 0 Å². The second kappa shape index (κ2) is 8.96. The molecular weight excluding hydrogens is 346 g/mol. The topological polar surface area (TPSA) is 90.9 Å². The molecule has 0 fully saturated rings. The minimum atomic E-state index is -0.623. The summed E-state index contributed by atoms with van der Waals surface area (Å²) in [6, 6.07) is 0. The van der Waals surface area contributed by atoms with Gasteiger partial charge in [0.2, 0.25) is 0 Å². The van der Waals surface area contributed by atoms with E-state index in [1.165, 1.54) is 18.4 Å². The molecule has 0 bridgehead atoms. The summed E-state index contributed by atoms with van der Waals surface area (Å²) in [5.74, 6) is -1.55. The lowest BCUT2D eigenvalue weighted by atomic mass is 9.95. The molecule has 0 unspecified atom stereocenters. The molecule has 1 amide bonds. The van der Waals surface area contributed by atoms with Gasteiger partial charge in [-0.15, -0.1) is 11.3 Å². The fourth-order valence-corrected chi connectivity index (χ4v) is 3.90. The van der Waals surface area contributed by atoms with Crippen molar-refractivity contribution < 1.29 is 28.6 Å². The molecule has 8 heteroatoms. The fraction of sp³-hybridized carbons (Fsp3) is 0.588. The molecular formula is C17H23NO6S. The molecule has 1 heterocycles. The average molecular weight is 369 g/mol. The van der Waals surface area contributed by atoms with Crippen LogP contribution >= 0.6 is 11.3 Å². The first-order valence-corrected chi connectivity index (χ1v) is 9.04. The van der Waals surface area contributed by atoms with Gasteiger partial charge in [0.05, 0.1) is 11.7 Å². The summed E-state index contributed by atoms with van der Waals surface area (Å²) in [6.07, 6.45) is 3.51. The van der Waals surface area contributed by atoms with Gasteiger partial charge >= 0.3 is 11.9 Å². The number of anilines is 1. The van der Waals surface area contributed by atoms with Gasteiger partial charge in [0, 0.05) is 12.0 Å². The SMILES string of the molecule is COCC(=O)OCC(=O)Nc1sc2c(c1C(=O)OC(C)C)CCCC2. The van der Waals surface area contributed by atoms with E-state index in [0.29, 0.717) is 10.6 Å². The molecule has 1 aromatic rings.